The van der Waals surface area contributed by atoms with E-state index in [0.717, 1.165) is 39.0 Å². The van der Waals surface area contributed by atoms with Crippen LogP contribution < -0.4 is 10.2 Å². The van der Waals surface area contributed by atoms with Crippen molar-refractivity contribution >= 4 is 15.8 Å². The molecule has 1 fully saturated rings. The van der Waals surface area contributed by atoms with Crippen LogP contribution in [0.15, 0.2) is 0 Å². The minimum atomic E-state index is -3.15. The van der Waals surface area contributed by atoms with Gasteiger partial charge in [0, 0.05) is 19.3 Å². The monoisotopic (exact) mass is 315 g/mol. The van der Waals surface area contributed by atoms with Crippen LogP contribution in [0.25, 0.3) is 0 Å². The lowest BCUT2D eigenvalue weighted by molar-refractivity contribution is 0.384. The van der Waals surface area contributed by atoms with Crippen molar-refractivity contribution in [1.29, 1.82) is 0 Å². The van der Waals surface area contributed by atoms with Crippen LogP contribution in [-0.4, -0.2) is 56.0 Å². The summed E-state index contributed by atoms with van der Waals surface area (Å²) in [5.41, 5.74) is 0. The van der Waals surface area contributed by atoms with Gasteiger partial charge in [-0.05, 0) is 38.8 Å². The summed E-state index contributed by atoms with van der Waals surface area (Å²) in [6.07, 6.45) is 3.43. The molecule has 0 aromatic carbocycles. The van der Waals surface area contributed by atoms with Crippen molar-refractivity contribution in [3.05, 3.63) is 5.82 Å². The number of nitrogens with one attached hydrogen (secondary N) is 2. The number of aromatic amines is 1. The van der Waals surface area contributed by atoms with Crippen molar-refractivity contribution in [3.63, 3.8) is 0 Å². The predicted molar refractivity (Wildman–Crippen MR) is 83.1 cm³/mol. The largest absolute Gasteiger partial charge is 0.340 e. The second-order valence-electron chi connectivity index (χ2n) is 5.73. The van der Waals surface area contributed by atoms with E-state index in [-0.39, 0.29) is 0 Å². The van der Waals surface area contributed by atoms with Crippen LogP contribution in [0, 0.1) is 5.92 Å². The van der Waals surface area contributed by atoms with Gasteiger partial charge in [-0.1, -0.05) is 6.92 Å². The number of H-pyrrole nitrogens is 1. The predicted octanol–water partition coefficient (Wildman–Crippen LogP) is 0.736. The van der Waals surface area contributed by atoms with E-state index in [9.17, 15) is 8.42 Å². The SMILES string of the molecule is CCNCC1CCN(c2n[nH]c(C(C)S(C)(=O)=O)n2)CC1. The smallest absolute Gasteiger partial charge is 0.244 e. The van der Waals surface area contributed by atoms with Gasteiger partial charge in [-0.25, -0.2) is 8.42 Å². The molecule has 2 heterocycles. The third kappa shape index (κ3) is 4.16. The number of aromatic nitrogens is 3. The Balaban J connectivity index is 1.94. The molecule has 1 aliphatic heterocycles. The van der Waals surface area contributed by atoms with Gasteiger partial charge in [0.25, 0.3) is 0 Å². The Labute approximate surface area is 126 Å². The van der Waals surface area contributed by atoms with Gasteiger partial charge in [0.2, 0.25) is 5.95 Å². The first-order valence-corrected chi connectivity index (χ1v) is 9.44. The van der Waals surface area contributed by atoms with Crippen molar-refractivity contribution in [2.45, 2.75) is 31.9 Å². The highest BCUT2D eigenvalue weighted by atomic mass is 32.2. The lowest BCUT2D eigenvalue weighted by atomic mass is 9.97. The third-order valence-corrected chi connectivity index (χ3v) is 5.61. The molecule has 0 radical (unpaired) electrons. The Kier molecular flexibility index (Phi) is 5.21. The van der Waals surface area contributed by atoms with Crippen LogP contribution in [0.4, 0.5) is 5.95 Å². The molecule has 0 bridgehead atoms. The number of piperidine rings is 1. The van der Waals surface area contributed by atoms with Crippen LogP contribution in [-0.2, 0) is 9.84 Å². The quantitative estimate of drug-likeness (QED) is 0.804. The number of rotatable bonds is 6. The van der Waals surface area contributed by atoms with Gasteiger partial charge in [-0.2, -0.15) is 4.98 Å². The molecule has 8 heteroatoms. The van der Waals surface area contributed by atoms with Crippen molar-refractivity contribution in [2.24, 2.45) is 5.92 Å². The van der Waals surface area contributed by atoms with E-state index in [1.807, 2.05) is 0 Å². The van der Waals surface area contributed by atoms with Gasteiger partial charge in [-0.3, -0.25) is 5.10 Å². The van der Waals surface area contributed by atoms with Crippen LogP contribution in [0.5, 0.6) is 0 Å². The van der Waals surface area contributed by atoms with E-state index in [4.69, 9.17) is 0 Å². The van der Waals surface area contributed by atoms with E-state index < -0.39 is 15.1 Å². The molecule has 1 unspecified atom stereocenters. The van der Waals surface area contributed by atoms with Crippen molar-refractivity contribution < 1.29 is 8.42 Å². The second-order valence-corrected chi connectivity index (χ2v) is 8.10. The van der Waals surface area contributed by atoms with Gasteiger partial charge in [0.1, 0.15) is 11.1 Å². The summed E-state index contributed by atoms with van der Waals surface area (Å²) in [4.78, 5) is 6.47. The summed E-state index contributed by atoms with van der Waals surface area (Å²) < 4.78 is 23.1. The Bertz CT molecular complexity index is 549. The standard InChI is InChI=1S/C13H25N5O2S/c1-4-14-9-11-5-7-18(8-6-11)13-15-12(16-17-13)10(2)21(3,19)20/h10-11,14H,4-9H2,1-3H3,(H,15,16,17). The first-order chi connectivity index (χ1) is 9.91. The average molecular weight is 315 g/mol. The first-order valence-electron chi connectivity index (χ1n) is 7.48. The fraction of sp³-hybridized carbons (Fsp3) is 0.846. The van der Waals surface area contributed by atoms with Crippen molar-refractivity contribution in [2.75, 3.05) is 37.3 Å². The Morgan fingerprint density at radius 1 is 1.43 bits per heavy atom. The molecule has 21 heavy (non-hydrogen) atoms. The van der Waals surface area contributed by atoms with E-state index in [0.29, 0.717) is 17.7 Å². The Morgan fingerprint density at radius 2 is 2.10 bits per heavy atom. The third-order valence-electron chi connectivity index (χ3n) is 4.10. The molecule has 1 aromatic rings. The molecule has 2 N–H and O–H groups in total. The van der Waals surface area contributed by atoms with Gasteiger partial charge < -0.3 is 10.2 Å². The van der Waals surface area contributed by atoms with Gasteiger partial charge >= 0.3 is 0 Å². The van der Waals surface area contributed by atoms with Gasteiger partial charge in [0.15, 0.2) is 9.84 Å². The van der Waals surface area contributed by atoms with Crippen LogP contribution in [0.1, 0.15) is 37.8 Å². The second kappa shape index (κ2) is 6.74. The number of hydrogen-bond acceptors (Lipinski definition) is 6. The first kappa shape index (κ1) is 16.2. The summed E-state index contributed by atoms with van der Waals surface area (Å²) in [6, 6.07) is 0. The molecule has 2 rings (SSSR count). The zero-order valence-electron chi connectivity index (χ0n) is 13.0. The highest BCUT2D eigenvalue weighted by molar-refractivity contribution is 7.90. The number of anilines is 1. The summed E-state index contributed by atoms with van der Waals surface area (Å²) >= 11 is 0. The molecule has 1 saturated heterocycles. The fourth-order valence-electron chi connectivity index (χ4n) is 2.48. The van der Waals surface area contributed by atoms with Gasteiger partial charge in [-0.15, -0.1) is 5.10 Å². The lowest BCUT2D eigenvalue weighted by Gasteiger charge is -2.31. The average Bonchev–Trinajstić information content (AvgIpc) is 2.93. The zero-order valence-corrected chi connectivity index (χ0v) is 13.8. The maximum absolute atomic E-state index is 11.6. The molecule has 1 aromatic heterocycles. The highest BCUT2D eigenvalue weighted by Crippen LogP contribution is 2.23. The molecule has 120 valence electrons. The molecule has 0 saturated carbocycles. The minimum absolute atomic E-state index is 0.419. The maximum atomic E-state index is 11.6. The lowest BCUT2D eigenvalue weighted by Crippen LogP contribution is -2.37. The van der Waals surface area contributed by atoms with E-state index in [1.165, 1.54) is 6.26 Å². The molecule has 1 aliphatic rings. The summed E-state index contributed by atoms with van der Waals surface area (Å²) in [7, 11) is -3.15. The van der Waals surface area contributed by atoms with Crippen molar-refractivity contribution in [3.8, 4) is 0 Å². The van der Waals surface area contributed by atoms with E-state index >= 15 is 0 Å². The molecular weight excluding hydrogens is 290 g/mol. The van der Waals surface area contributed by atoms with E-state index in [1.54, 1.807) is 6.92 Å². The van der Waals surface area contributed by atoms with Crippen LogP contribution >= 0.6 is 0 Å². The zero-order chi connectivity index (χ0) is 15.5. The number of nitrogens with zero attached hydrogens (tertiary/aromatic N) is 3. The molecule has 0 aliphatic carbocycles. The van der Waals surface area contributed by atoms with Crippen LogP contribution in [0.2, 0.25) is 0 Å². The number of sulfone groups is 1. The molecule has 0 spiro atoms. The summed E-state index contributed by atoms with van der Waals surface area (Å²) in [6.45, 7) is 7.65. The Morgan fingerprint density at radius 3 is 2.67 bits per heavy atom. The number of hydrogen-bond donors (Lipinski definition) is 2. The Hall–Kier alpha value is -1.15. The van der Waals surface area contributed by atoms with E-state index in [2.05, 4.69) is 32.3 Å². The molecule has 1 atom stereocenters. The summed E-state index contributed by atoms with van der Waals surface area (Å²) in [5, 5.41) is 9.67. The normalized spacial score (nSPS) is 18.9. The minimum Gasteiger partial charge on any atom is -0.340 e. The van der Waals surface area contributed by atoms with Gasteiger partial charge in [0.05, 0.1) is 0 Å². The molecular formula is C13H25N5O2S. The molecule has 0 amide bonds. The highest BCUT2D eigenvalue weighted by Gasteiger charge is 2.25. The van der Waals surface area contributed by atoms with Crippen molar-refractivity contribution in [1.82, 2.24) is 20.5 Å². The topological polar surface area (TPSA) is 91.0 Å². The molecule has 7 nitrogen and oxygen atoms in total. The maximum Gasteiger partial charge on any atom is 0.244 e. The summed E-state index contributed by atoms with van der Waals surface area (Å²) in [5.74, 6) is 1.74. The van der Waals surface area contributed by atoms with Crippen LogP contribution in [0.3, 0.4) is 0 Å². The fourth-order valence-corrected chi connectivity index (χ4v) is 2.99.